The number of fused-ring (bicyclic) bond motifs is 8. The Kier molecular flexibility index (Phi) is 14.3. The Hall–Kier alpha value is -7.85. The van der Waals surface area contributed by atoms with Crippen LogP contribution in [-0.4, -0.2) is 147 Å². The molecule has 9 heterocycles. The van der Waals surface area contributed by atoms with Crippen molar-refractivity contribution in [3.63, 3.8) is 0 Å². The first-order valence-corrected chi connectivity index (χ1v) is 28.8. The molecule has 13 rings (SSSR count). The van der Waals surface area contributed by atoms with Gasteiger partial charge in [0.2, 0.25) is 29.5 Å². The third-order valence-electron chi connectivity index (χ3n) is 17.3. The zero-order valence-corrected chi connectivity index (χ0v) is 46.9. The number of piperidine rings is 3. The smallest absolute Gasteiger partial charge is 0.322 e. The van der Waals surface area contributed by atoms with Crippen LogP contribution in [0.2, 0.25) is 5.02 Å². The molecule has 5 aliphatic heterocycles. The maximum Gasteiger partial charge on any atom is 0.322 e. The molecular weight excluding hydrogens is 1080 g/mol. The third-order valence-corrected chi connectivity index (χ3v) is 18.7. The first kappa shape index (κ1) is 53.8. The van der Waals surface area contributed by atoms with Gasteiger partial charge in [0, 0.05) is 82.5 Å². The number of nitrogens with zero attached hydrogens (tertiary/aromatic N) is 11. The van der Waals surface area contributed by atoms with Crippen LogP contribution in [0, 0.1) is 38.4 Å². The fraction of sp³-hybridized carbons (Fsp3) is 0.431. The van der Waals surface area contributed by atoms with Gasteiger partial charge in [-0.05, 0) is 113 Å². The van der Waals surface area contributed by atoms with Crippen molar-refractivity contribution in [2.45, 2.75) is 103 Å². The summed E-state index contributed by atoms with van der Waals surface area (Å²) in [5, 5.41) is 35.0. The second kappa shape index (κ2) is 21.6. The monoisotopic (exact) mass is 1140 g/mol. The number of aliphatic imine (C=N–C) groups is 1. The van der Waals surface area contributed by atoms with Gasteiger partial charge in [-0.25, -0.2) is 4.39 Å². The average Bonchev–Trinajstić information content (AvgIpc) is 4.32. The van der Waals surface area contributed by atoms with Crippen molar-refractivity contribution in [2.24, 2.45) is 23.9 Å². The first-order valence-electron chi connectivity index (χ1n) is 27.6. The second-order valence-corrected chi connectivity index (χ2v) is 23.8. The quantitative estimate of drug-likeness (QED) is 0.112. The number of aryl methyl sites for hydroxylation is 3. The highest BCUT2D eigenvalue weighted by Crippen LogP contribution is 2.45. The third kappa shape index (κ3) is 9.92. The molecule has 5 atom stereocenters. The molecule has 20 nitrogen and oxygen atoms in total. The summed E-state index contributed by atoms with van der Waals surface area (Å²) in [5.41, 5.74) is 6.53. The number of hydrogen-bond acceptors (Lipinski definition) is 12. The molecule has 2 bridgehead atoms. The van der Waals surface area contributed by atoms with Crippen molar-refractivity contribution < 1.29 is 38.3 Å². The maximum absolute atomic E-state index is 16.2. The number of nitrogens with one attached hydrogen (secondary N) is 2. The van der Waals surface area contributed by atoms with Crippen LogP contribution in [0.15, 0.2) is 65.8 Å². The molecular formula is C58H61ClFN13O7S. The minimum Gasteiger partial charge on any atom is -0.480 e. The summed E-state index contributed by atoms with van der Waals surface area (Å²) in [6, 6.07) is 14.5. The number of amides is 5. The van der Waals surface area contributed by atoms with E-state index < -0.39 is 54.7 Å². The summed E-state index contributed by atoms with van der Waals surface area (Å²) in [6.07, 6.45) is 6.12. The lowest BCUT2D eigenvalue weighted by molar-refractivity contribution is -0.157. The lowest BCUT2D eigenvalue weighted by Gasteiger charge is -2.51. The number of benzene rings is 3. The Bertz CT molecular complexity index is 3750. The Morgan fingerprint density at radius 2 is 1.63 bits per heavy atom. The number of carboxylic acid groups (broad SMARTS) is 1. The summed E-state index contributed by atoms with van der Waals surface area (Å²) in [6.45, 7) is 6.56. The Morgan fingerprint density at radius 1 is 0.852 bits per heavy atom. The normalized spacial score (nSPS) is 20.8. The maximum atomic E-state index is 16.2. The number of carboxylic acids is 1. The van der Waals surface area contributed by atoms with Crippen molar-refractivity contribution >= 4 is 86.0 Å². The predicted octanol–water partition coefficient (Wildman–Crippen LogP) is 6.57. The molecule has 5 amide bonds. The van der Waals surface area contributed by atoms with Crippen LogP contribution in [0.3, 0.4) is 0 Å². The summed E-state index contributed by atoms with van der Waals surface area (Å²) in [4.78, 5) is 93.2. The van der Waals surface area contributed by atoms with Gasteiger partial charge in [0.1, 0.15) is 41.8 Å². The summed E-state index contributed by atoms with van der Waals surface area (Å²) in [7, 11) is 1.79. The SMILES string of the molecule is Cc1sc2c(c1C)C(c1ccc(Cl)cc1)=N[C@@H](CC(=O)N1CCC[C@H]1C(=O)N1CC3CCC1C(C(=O)N1CCC(c4nn(CC(=O)NCC(=O)NCC(=O)O)c5cccc(-c6cc7c(cnn7C)cc6F)c45)CC1)C3)c1nnc(C)n1-2. The first-order chi connectivity index (χ1) is 39.0. The van der Waals surface area contributed by atoms with Gasteiger partial charge in [0.15, 0.2) is 5.82 Å². The molecule has 81 heavy (non-hydrogen) atoms. The van der Waals surface area contributed by atoms with Crippen LogP contribution >= 0.6 is 22.9 Å². The molecule has 3 N–H and O–H groups in total. The molecule has 4 saturated heterocycles. The highest BCUT2D eigenvalue weighted by atomic mass is 35.5. The largest absolute Gasteiger partial charge is 0.480 e. The minimum absolute atomic E-state index is 0.00719. The van der Waals surface area contributed by atoms with Crippen molar-refractivity contribution in [3.8, 4) is 16.1 Å². The molecule has 23 heteroatoms. The van der Waals surface area contributed by atoms with Gasteiger partial charge in [0.25, 0.3) is 0 Å². The van der Waals surface area contributed by atoms with E-state index in [1.54, 1.807) is 51.0 Å². The average molecular weight is 1140 g/mol. The zero-order valence-electron chi connectivity index (χ0n) is 45.3. The molecule has 420 valence electrons. The zero-order chi connectivity index (χ0) is 56.5. The highest BCUT2D eigenvalue weighted by molar-refractivity contribution is 7.15. The number of aromatic nitrogens is 7. The molecule has 3 unspecified atom stereocenters. The lowest BCUT2D eigenvalue weighted by atomic mass is 9.71. The molecule has 0 spiro atoms. The fourth-order valence-electron chi connectivity index (χ4n) is 13.1. The lowest BCUT2D eigenvalue weighted by Crippen LogP contribution is -2.62. The van der Waals surface area contributed by atoms with E-state index in [0.717, 1.165) is 44.2 Å². The van der Waals surface area contributed by atoms with E-state index in [4.69, 9.17) is 26.8 Å². The van der Waals surface area contributed by atoms with Gasteiger partial charge < -0.3 is 30.4 Å². The van der Waals surface area contributed by atoms with Crippen LogP contribution in [0.1, 0.15) is 102 Å². The number of aliphatic carboxylic acids is 1. The van der Waals surface area contributed by atoms with Gasteiger partial charge in [-0.15, -0.1) is 21.5 Å². The Balaban J connectivity index is 0.761. The number of hydrogen-bond donors (Lipinski definition) is 3. The number of likely N-dealkylation sites (tertiary alicyclic amines) is 2. The van der Waals surface area contributed by atoms with E-state index in [9.17, 15) is 24.0 Å². The van der Waals surface area contributed by atoms with Crippen LogP contribution in [0.25, 0.3) is 37.9 Å². The number of carbonyl (C=O) groups is 6. The van der Waals surface area contributed by atoms with Gasteiger partial charge >= 0.3 is 5.97 Å². The van der Waals surface area contributed by atoms with Crippen LogP contribution in [0.4, 0.5) is 4.39 Å². The van der Waals surface area contributed by atoms with Crippen molar-refractivity contribution in [1.82, 2.24) is 59.7 Å². The Labute approximate surface area is 474 Å². The van der Waals surface area contributed by atoms with Crippen LogP contribution < -0.4 is 10.6 Å². The van der Waals surface area contributed by atoms with Crippen LogP contribution in [-0.2, 0) is 42.4 Å². The molecule has 0 radical (unpaired) electrons. The van der Waals surface area contributed by atoms with Gasteiger partial charge in [-0.1, -0.05) is 35.9 Å². The second-order valence-electron chi connectivity index (χ2n) is 22.1. The standard InChI is InChI=1S/C58H61ClFN13O7S/c1-30-31(2)81-58-51(30)53(34-11-13-37(59)14-12-34)64-42(55-66-65-32(3)73(55)58)24-49(76)70-18-6-9-45(70)57(80)71-28-33-10-15-43(71)40(21-33)56(79)69-19-16-35(17-20-69)54-52-38(39-23-46-36(22-41(39)60)25-63-68(46)4)7-5-8-44(52)72(67-54)29-48(75)61-26-47(74)62-27-50(77)78/h5,7-8,11-14,22-23,25,33,35,40,42-43,45H,6,9-10,15-21,24,26-29H2,1-4H3,(H,61,75)(H,62,74)(H,77,78)/t33?,40?,42-,43?,45-/m0/s1. The van der Waals surface area contributed by atoms with Crippen molar-refractivity contribution in [1.29, 1.82) is 0 Å². The molecule has 1 saturated carbocycles. The van der Waals surface area contributed by atoms with Crippen molar-refractivity contribution in [3.05, 3.63) is 111 Å². The highest BCUT2D eigenvalue weighted by Gasteiger charge is 2.50. The van der Waals surface area contributed by atoms with E-state index in [1.165, 1.54) is 6.07 Å². The van der Waals surface area contributed by atoms with Gasteiger partial charge in [-0.3, -0.25) is 47.7 Å². The van der Waals surface area contributed by atoms with E-state index in [2.05, 4.69) is 39.8 Å². The van der Waals surface area contributed by atoms with Crippen LogP contribution in [0.5, 0.6) is 0 Å². The minimum atomic E-state index is -1.22. The van der Waals surface area contributed by atoms with E-state index >= 15 is 9.18 Å². The van der Waals surface area contributed by atoms with Crippen molar-refractivity contribution in [2.75, 3.05) is 39.3 Å². The summed E-state index contributed by atoms with van der Waals surface area (Å²) in [5.74, 6) is -2.36. The molecule has 5 fully saturated rings. The fourth-order valence-corrected chi connectivity index (χ4v) is 14.5. The predicted molar refractivity (Wildman–Crippen MR) is 301 cm³/mol. The molecule has 3 aromatic carbocycles. The number of carbonyl (C=O) groups excluding carboxylic acids is 5. The molecule has 1 aliphatic carbocycles. The van der Waals surface area contributed by atoms with E-state index in [-0.39, 0.29) is 48.6 Å². The van der Waals surface area contributed by atoms with Gasteiger partial charge in [0.05, 0.1) is 47.5 Å². The molecule has 7 aromatic rings. The van der Waals surface area contributed by atoms with Gasteiger partial charge in [-0.2, -0.15) is 10.2 Å². The Morgan fingerprint density at radius 3 is 2.40 bits per heavy atom. The van der Waals surface area contributed by atoms with E-state index in [0.29, 0.717) is 114 Å². The number of thiophene rings is 1. The summed E-state index contributed by atoms with van der Waals surface area (Å²) >= 11 is 7.99. The number of halogens is 2. The summed E-state index contributed by atoms with van der Waals surface area (Å²) < 4.78 is 21.4. The molecule has 4 aromatic heterocycles. The topological polar surface area (TPSA) is 235 Å². The number of rotatable bonds is 13. The molecule has 6 aliphatic rings. The van der Waals surface area contributed by atoms with E-state index in [1.807, 2.05) is 57.7 Å².